The maximum atomic E-state index is 12.9. The zero-order chi connectivity index (χ0) is 31.3. The van der Waals surface area contributed by atoms with E-state index in [1.165, 1.54) is 27.2 Å². The zero-order valence-corrected chi connectivity index (χ0v) is 24.2. The summed E-state index contributed by atoms with van der Waals surface area (Å²) >= 11 is 0. The van der Waals surface area contributed by atoms with Gasteiger partial charge < -0.3 is 63.5 Å². The van der Waals surface area contributed by atoms with E-state index >= 15 is 0 Å². The van der Waals surface area contributed by atoms with E-state index < -0.39 is 73.6 Å². The number of methoxy groups -OCH3 is 2. The number of aliphatic hydroxyl groups is 6. The fourth-order valence-electron chi connectivity index (χ4n) is 5.62. The van der Waals surface area contributed by atoms with Crippen LogP contribution in [0.25, 0.3) is 21.5 Å². The third-order valence-corrected chi connectivity index (χ3v) is 7.97. The molecular formula is C29H36O14. The molecule has 10 atom stereocenters. The zero-order valence-electron chi connectivity index (χ0n) is 24.2. The second kappa shape index (κ2) is 12.1. The molecule has 2 aromatic carbocycles. The van der Waals surface area contributed by atoms with Gasteiger partial charge in [0.1, 0.15) is 65.7 Å². The summed E-state index contributed by atoms with van der Waals surface area (Å²) in [5, 5.41) is 64.1. The Hall–Kier alpha value is -3.05. The van der Waals surface area contributed by atoms with Gasteiger partial charge >= 0.3 is 5.63 Å². The Morgan fingerprint density at radius 2 is 1.42 bits per heavy atom. The third-order valence-electron chi connectivity index (χ3n) is 7.97. The van der Waals surface area contributed by atoms with Crippen molar-refractivity contribution >= 4 is 21.5 Å². The summed E-state index contributed by atoms with van der Waals surface area (Å²) in [4.78, 5) is 12.9. The Labute approximate surface area is 245 Å². The van der Waals surface area contributed by atoms with Gasteiger partial charge in [-0.2, -0.15) is 0 Å². The van der Waals surface area contributed by atoms with Crippen molar-refractivity contribution in [2.24, 2.45) is 0 Å². The molecule has 2 aliphatic rings. The first kappa shape index (κ1) is 31.4. The quantitative estimate of drug-likeness (QED) is 0.189. The van der Waals surface area contributed by atoms with Gasteiger partial charge in [-0.05, 0) is 38.5 Å². The molecule has 6 N–H and O–H groups in total. The molecule has 43 heavy (non-hydrogen) atoms. The van der Waals surface area contributed by atoms with Crippen LogP contribution in [0.1, 0.15) is 18.2 Å². The van der Waals surface area contributed by atoms with Crippen LogP contribution in [0.5, 0.6) is 17.2 Å². The van der Waals surface area contributed by atoms with Crippen LogP contribution in [0.2, 0.25) is 0 Å². The fraction of sp³-hybridized carbons (Fsp3) is 0.552. The minimum absolute atomic E-state index is 0.108. The van der Waals surface area contributed by atoms with Gasteiger partial charge in [-0.25, -0.2) is 4.79 Å². The number of aliphatic hydroxyl groups excluding tert-OH is 6. The largest absolute Gasteiger partial charge is 0.497 e. The molecule has 14 nitrogen and oxygen atoms in total. The molecule has 1 aromatic heterocycles. The number of hydrogen-bond donors (Lipinski definition) is 6. The van der Waals surface area contributed by atoms with Crippen LogP contribution in [-0.4, -0.2) is 113 Å². The summed E-state index contributed by atoms with van der Waals surface area (Å²) in [5.74, 6) is 1.20. The van der Waals surface area contributed by atoms with Crippen LogP contribution in [0.15, 0.2) is 27.4 Å². The normalized spacial score (nSPS) is 33.1. The first-order valence-corrected chi connectivity index (χ1v) is 13.7. The van der Waals surface area contributed by atoms with Gasteiger partial charge in [0.05, 0.1) is 32.3 Å². The average molecular weight is 609 g/mol. The van der Waals surface area contributed by atoms with Crippen molar-refractivity contribution in [1.82, 2.24) is 0 Å². The highest BCUT2D eigenvalue weighted by Gasteiger charge is 2.47. The van der Waals surface area contributed by atoms with E-state index in [2.05, 4.69) is 0 Å². The van der Waals surface area contributed by atoms with E-state index in [0.29, 0.717) is 39.0 Å². The summed E-state index contributed by atoms with van der Waals surface area (Å²) in [6.45, 7) is 4.37. The second-order valence-corrected chi connectivity index (χ2v) is 10.8. The van der Waals surface area contributed by atoms with Crippen LogP contribution in [-0.2, 0) is 14.2 Å². The maximum Gasteiger partial charge on any atom is 0.344 e. The Morgan fingerprint density at radius 3 is 2.09 bits per heavy atom. The third kappa shape index (κ3) is 5.54. The fourth-order valence-corrected chi connectivity index (χ4v) is 5.62. The van der Waals surface area contributed by atoms with E-state index in [-0.39, 0.29) is 11.1 Å². The van der Waals surface area contributed by atoms with Gasteiger partial charge in [-0.15, -0.1) is 0 Å². The summed E-state index contributed by atoms with van der Waals surface area (Å²) in [6, 6.07) is 4.90. The van der Waals surface area contributed by atoms with Gasteiger partial charge in [-0.3, -0.25) is 0 Å². The van der Waals surface area contributed by atoms with Crippen LogP contribution in [0, 0.1) is 13.8 Å². The van der Waals surface area contributed by atoms with Gasteiger partial charge in [0, 0.05) is 22.2 Å². The molecule has 14 heteroatoms. The molecule has 2 fully saturated rings. The van der Waals surface area contributed by atoms with Crippen LogP contribution < -0.4 is 19.8 Å². The lowest BCUT2D eigenvalue weighted by Gasteiger charge is -2.42. The molecule has 0 saturated carbocycles. The van der Waals surface area contributed by atoms with Crippen molar-refractivity contribution in [2.75, 3.05) is 20.8 Å². The standard InChI is InChI=1S/C29H36O14/c1-10-6-14-19(27(36)40-10)11(2)18-15(26(14)38-5)7-13(37-4)8-16(18)42-29-25(35)23(33)21(31)17(43-29)9-39-28-24(34)22(32)20(30)12(3)41-28/h6-8,12,17,20-25,28-35H,9H2,1-5H3/t12-,17+,20-,21+,22+,23-,24+,25+,28?,29?/m0/s1. The van der Waals surface area contributed by atoms with Crippen LogP contribution in [0.4, 0.5) is 0 Å². The second-order valence-electron chi connectivity index (χ2n) is 10.8. The first-order chi connectivity index (χ1) is 20.4. The monoisotopic (exact) mass is 608 g/mol. The molecule has 0 aliphatic carbocycles. The maximum absolute atomic E-state index is 12.9. The summed E-state index contributed by atoms with van der Waals surface area (Å²) in [7, 11) is 2.90. The molecule has 2 unspecified atom stereocenters. The van der Waals surface area contributed by atoms with Gasteiger partial charge in [0.15, 0.2) is 6.29 Å². The molecule has 236 valence electrons. The number of hydrogen-bond acceptors (Lipinski definition) is 14. The Bertz CT molecular complexity index is 1540. The Morgan fingerprint density at radius 1 is 0.767 bits per heavy atom. The summed E-state index contributed by atoms with van der Waals surface area (Å²) in [5.41, 5.74) is -0.0977. The molecule has 3 heterocycles. The lowest BCUT2D eigenvalue weighted by molar-refractivity contribution is -0.318. The smallest absolute Gasteiger partial charge is 0.344 e. The molecule has 0 amide bonds. The van der Waals surface area contributed by atoms with Crippen molar-refractivity contribution in [3.63, 3.8) is 0 Å². The topological polar surface area (TPSA) is 207 Å². The lowest BCUT2D eigenvalue weighted by Crippen LogP contribution is -2.61. The van der Waals surface area contributed by atoms with Crippen molar-refractivity contribution < 1.29 is 63.5 Å². The highest BCUT2D eigenvalue weighted by atomic mass is 16.7. The van der Waals surface area contributed by atoms with Crippen molar-refractivity contribution in [3.8, 4) is 17.2 Å². The van der Waals surface area contributed by atoms with Crippen molar-refractivity contribution in [3.05, 3.63) is 39.9 Å². The summed E-state index contributed by atoms with van der Waals surface area (Å²) in [6.07, 6.45) is -14.7. The van der Waals surface area contributed by atoms with Crippen molar-refractivity contribution in [1.29, 1.82) is 0 Å². The van der Waals surface area contributed by atoms with E-state index in [1.54, 1.807) is 26.0 Å². The predicted molar refractivity (Wildman–Crippen MR) is 148 cm³/mol. The SMILES string of the molecule is COc1cc(OC2O[C@H](COC3O[C@@H](C)[C@H](O)[C@@H](O)[C@H]3O)[C@@H](O)[C@H](O)[C@H]2O)c2c(C)c3c(=O)oc(C)cc3c(OC)c2c1. The predicted octanol–water partition coefficient (Wildman–Crippen LogP) is -0.389. The minimum Gasteiger partial charge on any atom is -0.497 e. The summed E-state index contributed by atoms with van der Waals surface area (Å²) < 4.78 is 39.4. The van der Waals surface area contributed by atoms with Gasteiger partial charge in [-0.1, -0.05) is 0 Å². The number of benzene rings is 2. The molecule has 0 radical (unpaired) electrons. The molecule has 0 spiro atoms. The van der Waals surface area contributed by atoms with E-state index in [4.69, 9.17) is 32.8 Å². The van der Waals surface area contributed by atoms with E-state index in [0.717, 1.165) is 0 Å². The Kier molecular flexibility index (Phi) is 8.87. The number of ether oxygens (including phenoxy) is 6. The highest BCUT2D eigenvalue weighted by molar-refractivity contribution is 6.10. The van der Waals surface area contributed by atoms with Crippen molar-refractivity contribution in [2.45, 2.75) is 82.2 Å². The van der Waals surface area contributed by atoms with Gasteiger partial charge in [0.2, 0.25) is 6.29 Å². The Balaban J connectivity index is 1.50. The molecule has 2 saturated heterocycles. The first-order valence-electron chi connectivity index (χ1n) is 13.7. The van der Waals surface area contributed by atoms with Crippen LogP contribution in [0.3, 0.4) is 0 Å². The van der Waals surface area contributed by atoms with E-state index in [1.807, 2.05) is 0 Å². The molecule has 0 bridgehead atoms. The highest BCUT2D eigenvalue weighted by Crippen LogP contribution is 2.44. The number of rotatable bonds is 7. The minimum atomic E-state index is -1.74. The van der Waals surface area contributed by atoms with Gasteiger partial charge in [0.25, 0.3) is 0 Å². The van der Waals surface area contributed by atoms with Crippen LogP contribution >= 0.6 is 0 Å². The molecule has 2 aliphatic heterocycles. The molecular weight excluding hydrogens is 572 g/mol. The molecule has 5 rings (SSSR count). The number of fused-ring (bicyclic) bond motifs is 2. The lowest BCUT2D eigenvalue weighted by atomic mass is 9.96. The average Bonchev–Trinajstić information content (AvgIpc) is 2.97. The molecule has 3 aromatic rings. The number of aryl methyl sites for hydroxylation is 2. The van der Waals surface area contributed by atoms with E-state index in [9.17, 15) is 35.4 Å².